The molecule has 2 rings (SSSR count). The molecule has 3 nitrogen and oxygen atoms in total. The van der Waals surface area contributed by atoms with Gasteiger partial charge in [-0.3, -0.25) is 0 Å². The Hall–Kier alpha value is -1.68. The second-order valence-corrected chi connectivity index (χ2v) is 4.87. The SMILES string of the molecule is N#CC(C#N)=C1CCN(c2cc(Cl)cc(Cl)c2)C1. The highest BCUT2D eigenvalue weighted by molar-refractivity contribution is 6.35. The molecule has 0 spiro atoms. The fourth-order valence-corrected chi connectivity index (χ4v) is 2.50. The summed E-state index contributed by atoms with van der Waals surface area (Å²) in [4.78, 5) is 2.06. The van der Waals surface area contributed by atoms with Crippen LogP contribution in [0, 0.1) is 22.7 Å². The summed E-state index contributed by atoms with van der Waals surface area (Å²) in [7, 11) is 0. The van der Waals surface area contributed by atoms with Crippen molar-refractivity contribution in [2.45, 2.75) is 6.42 Å². The molecule has 1 saturated heterocycles. The van der Waals surface area contributed by atoms with Gasteiger partial charge in [0.15, 0.2) is 0 Å². The van der Waals surface area contributed by atoms with Gasteiger partial charge in [0.2, 0.25) is 0 Å². The molecule has 0 saturated carbocycles. The summed E-state index contributed by atoms with van der Waals surface area (Å²) in [6.45, 7) is 1.34. The minimum absolute atomic E-state index is 0.214. The third-order valence-electron chi connectivity index (χ3n) is 2.85. The molecule has 18 heavy (non-hydrogen) atoms. The van der Waals surface area contributed by atoms with E-state index in [1.807, 2.05) is 24.3 Å². The van der Waals surface area contributed by atoms with Crippen LogP contribution in [0.15, 0.2) is 29.3 Å². The zero-order valence-electron chi connectivity index (χ0n) is 9.45. The molecule has 90 valence electrons. The largest absolute Gasteiger partial charge is 0.367 e. The van der Waals surface area contributed by atoms with Crippen molar-refractivity contribution in [2.75, 3.05) is 18.0 Å². The van der Waals surface area contributed by atoms with Crippen LogP contribution in [-0.4, -0.2) is 13.1 Å². The highest BCUT2D eigenvalue weighted by Crippen LogP contribution is 2.30. The zero-order valence-corrected chi connectivity index (χ0v) is 11.0. The maximum atomic E-state index is 8.84. The van der Waals surface area contributed by atoms with Crippen LogP contribution < -0.4 is 4.90 Å². The lowest BCUT2D eigenvalue weighted by atomic mass is 10.1. The minimum Gasteiger partial charge on any atom is -0.367 e. The van der Waals surface area contributed by atoms with Gasteiger partial charge in [-0.25, -0.2) is 0 Å². The van der Waals surface area contributed by atoms with Gasteiger partial charge in [0.1, 0.15) is 17.7 Å². The molecular weight excluding hydrogens is 269 g/mol. The summed E-state index contributed by atoms with van der Waals surface area (Å²) in [5.41, 5.74) is 2.00. The van der Waals surface area contributed by atoms with Crippen molar-refractivity contribution >= 4 is 28.9 Å². The summed E-state index contributed by atoms with van der Waals surface area (Å²) in [6, 6.07) is 9.19. The molecule has 0 atom stereocenters. The second-order valence-electron chi connectivity index (χ2n) is 4.00. The highest BCUT2D eigenvalue weighted by Gasteiger charge is 2.20. The molecule has 5 heteroatoms. The fourth-order valence-electron chi connectivity index (χ4n) is 1.99. The summed E-state index contributed by atoms with van der Waals surface area (Å²) < 4.78 is 0. The Labute approximate surface area is 115 Å². The Balaban J connectivity index is 2.27. The average Bonchev–Trinajstić information content (AvgIpc) is 2.79. The molecular formula is C13H9Cl2N3. The van der Waals surface area contributed by atoms with E-state index in [0.717, 1.165) is 24.2 Å². The Morgan fingerprint density at radius 3 is 2.28 bits per heavy atom. The number of allylic oxidation sites excluding steroid dienone is 1. The molecule has 1 aliphatic heterocycles. The smallest absolute Gasteiger partial charge is 0.130 e. The van der Waals surface area contributed by atoms with Crippen molar-refractivity contribution in [1.82, 2.24) is 0 Å². The number of hydrogen-bond acceptors (Lipinski definition) is 3. The third-order valence-corrected chi connectivity index (χ3v) is 3.29. The van der Waals surface area contributed by atoms with Crippen molar-refractivity contribution in [3.8, 4) is 12.1 Å². The maximum Gasteiger partial charge on any atom is 0.130 e. The van der Waals surface area contributed by atoms with Gasteiger partial charge < -0.3 is 4.90 Å². The van der Waals surface area contributed by atoms with Crippen LogP contribution in [0.4, 0.5) is 5.69 Å². The van der Waals surface area contributed by atoms with Crippen LogP contribution in [-0.2, 0) is 0 Å². The van der Waals surface area contributed by atoms with E-state index in [0.29, 0.717) is 16.6 Å². The molecule has 0 unspecified atom stereocenters. The van der Waals surface area contributed by atoms with Gasteiger partial charge in [-0.1, -0.05) is 23.2 Å². The van der Waals surface area contributed by atoms with Gasteiger partial charge in [-0.15, -0.1) is 0 Å². The molecule has 1 fully saturated rings. The van der Waals surface area contributed by atoms with Crippen LogP contribution >= 0.6 is 23.2 Å². The second kappa shape index (κ2) is 5.31. The van der Waals surface area contributed by atoms with Gasteiger partial charge in [0.05, 0.1) is 0 Å². The van der Waals surface area contributed by atoms with E-state index in [9.17, 15) is 0 Å². The normalized spacial score (nSPS) is 14.2. The van der Waals surface area contributed by atoms with Gasteiger partial charge in [0, 0.05) is 28.8 Å². The van der Waals surface area contributed by atoms with Crippen molar-refractivity contribution in [3.05, 3.63) is 39.4 Å². The first-order chi connectivity index (χ1) is 8.63. The molecule has 0 radical (unpaired) electrons. The fraction of sp³-hybridized carbons (Fsp3) is 0.231. The van der Waals surface area contributed by atoms with Crippen molar-refractivity contribution in [2.24, 2.45) is 0 Å². The van der Waals surface area contributed by atoms with Crippen LogP contribution in [0.3, 0.4) is 0 Å². The maximum absolute atomic E-state index is 8.84. The van der Waals surface area contributed by atoms with E-state index in [2.05, 4.69) is 4.90 Å². The van der Waals surface area contributed by atoms with Gasteiger partial charge in [-0.2, -0.15) is 10.5 Å². The average molecular weight is 278 g/mol. The molecule has 1 aliphatic rings. The number of hydrogen-bond donors (Lipinski definition) is 0. The quantitative estimate of drug-likeness (QED) is 0.738. The summed E-state index contributed by atoms with van der Waals surface area (Å²) >= 11 is 11.9. The van der Waals surface area contributed by atoms with E-state index < -0.39 is 0 Å². The minimum atomic E-state index is 0.214. The first-order valence-electron chi connectivity index (χ1n) is 5.37. The number of nitriles is 2. The predicted octanol–water partition coefficient (Wildman–Crippen LogP) is 3.55. The van der Waals surface area contributed by atoms with Crippen LogP contribution in [0.1, 0.15) is 6.42 Å². The molecule has 0 aliphatic carbocycles. The number of halogens is 2. The van der Waals surface area contributed by atoms with E-state index in [-0.39, 0.29) is 5.57 Å². The summed E-state index contributed by atoms with van der Waals surface area (Å²) in [5.74, 6) is 0. The Bertz CT molecular complexity index is 557. The van der Waals surface area contributed by atoms with Crippen molar-refractivity contribution in [1.29, 1.82) is 10.5 Å². The van der Waals surface area contributed by atoms with Crippen molar-refractivity contribution < 1.29 is 0 Å². The molecule has 0 amide bonds. The van der Waals surface area contributed by atoms with E-state index in [4.69, 9.17) is 33.7 Å². The van der Waals surface area contributed by atoms with Crippen LogP contribution in [0.25, 0.3) is 0 Å². The van der Waals surface area contributed by atoms with E-state index in [1.165, 1.54) is 0 Å². The Kier molecular flexibility index (Phi) is 3.77. The van der Waals surface area contributed by atoms with Crippen LogP contribution in [0.2, 0.25) is 10.0 Å². The first-order valence-corrected chi connectivity index (χ1v) is 6.13. The lowest BCUT2D eigenvalue weighted by Crippen LogP contribution is -2.18. The van der Waals surface area contributed by atoms with Gasteiger partial charge >= 0.3 is 0 Å². The number of nitrogens with zero attached hydrogens (tertiary/aromatic N) is 3. The molecule has 0 aromatic heterocycles. The Morgan fingerprint density at radius 1 is 1.11 bits per heavy atom. The lowest BCUT2D eigenvalue weighted by molar-refractivity contribution is 0.968. The molecule has 0 N–H and O–H groups in total. The summed E-state index contributed by atoms with van der Waals surface area (Å²) in [5, 5.41) is 18.8. The van der Waals surface area contributed by atoms with Crippen LogP contribution in [0.5, 0.6) is 0 Å². The molecule has 0 bridgehead atoms. The third kappa shape index (κ3) is 2.59. The highest BCUT2D eigenvalue weighted by atomic mass is 35.5. The van der Waals surface area contributed by atoms with E-state index >= 15 is 0 Å². The Morgan fingerprint density at radius 2 is 1.72 bits per heavy atom. The van der Waals surface area contributed by atoms with E-state index in [1.54, 1.807) is 6.07 Å². The summed E-state index contributed by atoms with van der Waals surface area (Å²) in [6.07, 6.45) is 0.723. The van der Waals surface area contributed by atoms with Gasteiger partial charge in [-0.05, 0) is 30.2 Å². The lowest BCUT2D eigenvalue weighted by Gasteiger charge is -2.17. The number of benzene rings is 1. The standard InChI is InChI=1S/C13H9Cl2N3/c14-11-3-12(15)5-13(4-11)18-2-1-9(8-18)10(6-16)7-17/h3-5H,1-2,8H2. The van der Waals surface area contributed by atoms with Gasteiger partial charge in [0.25, 0.3) is 0 Å². The predicted molar refractivity (Wildman–Crippen MR) is 71.5 cm³/mol. The monoisotopic (exact) mass is 277 g/mol. The topological polar surface area (TPSA) is 50.8 Å². The zero-order chi connectivity index (χ0) is 13.1. The molecule has 1 heterocycles. The van der Waals surface area contributed by atoms with Crippen molar-refractivity contribution in [3.63, 3.8) is 0 Å². The first kappa shape index (κ1) is 12.8. The molecule has 1 aromatic rings. The number of rotatable bonds is 1. The number of anilines is 1. The molecule has 1 aromatic carbocycles.